The molecule has 0 radical (unpaired) electrons. The predicted molar refractivity (Wildman–Crippen MR) is 95.7 cm³/mol. The number of rotatable bonds is 8. The highest BCUT2D eigenvalue weighted by Crippen LogP contribution is 2.36. The van der Waals surface area contributed by atoms with Crippen molar-refractivity contribution in [3.8, 4) is 23.0 Å². The number of hydrogen-bond acceptors (Lipinski definition) is 4. The van der Waals surface area contributed by atoms with E-state index in [2.05, 4.69) is 11.4 Å². The van der Waals surface area contributed by atoms with Crippen LogP contribution in [0, 0.1) is 0 Å². The van der Waals surface area contributed by atoms with Gasteiger partial charge in [0.05, 0.1) is 18.2 Å². The first kappa shape index (κ1) is 17.7. The molecule has 6 heteroatoms. The first-order valence-corrected chi connectivity index (χ1v) is 8.87. The van der Waals surface area contributed by atoms with Gasteiger partial charge in [-0.25, -0.2) is 0 Å². The Morgan fingerprint density at radius 2 is 1.72 bits per heavy atom. The van der Waals surface area contributed by atoms with Crippen LogP contribution < -0.4 is 24.3 Å². The van der Waals surface area contributed by atoms with Crippen LogP contribution in [0.1, 0.15) is 25.0 Å². The van der Waals surface area contributed by atoms with Gasteiger partial charge in [0.2, 0.25) is 6.79 Å². The van der Waals surface area contributed by atoms with Gasteiger partial charge >= 0.3 is 0 Å². The third-order valence-corrected chi connectivity index (χ3v) is 4.14. The van der Waals surface area contributed by atoms with Crippen LogP contribution in [0.15, 0.2) is 30.3 Å². The lowest BCUT2D eigenvalue weighted by molar-refractivity contribution is -0.686. The summed E-state index contributed by atoms with van der Waals surface area (Å²) in [5.41, 5.74) is 2.28. The molecule has 0 saturated heterocycles. The number of hydrogen-bond donors (Lipinski definition) is 1. The van der Waals surface area contributed by atoms with Crippen molar-refractivity contribution in [2.75, 3.05) is 20.0 Å². The molecule has 0 spiro atoms. The molecule has 0 aliphatic carbocycles. The Labute approximate surface area is 152 Å². The normalized spacial score (nSPS) is 12.3. The first-order chi connectivity index (χ1) is 12.2. The lowest BCUT2D eigenvalue weighted by Crippen LogP contribution is -2.80. The molecule has 0 amide bonds. The lowest BCUT2D eigenvalue weighted by atomic mass is 10.1. The van der Waals surface area contributed by atoms with Crippen molar-refractivity contribution in [2.24, 2.45) is 0 Å². The third kappa shape index (κ3) is 4.30. The largest absolute Gasteiger partial charge is 0.490 e. The topological polar surface area (TPSA) is 53.5 Å². The quantitative estimate of drug-likeness (QED) is 0.782. The summed E-state index contributed by atoms with van der Waals surface area (Å²) < 4.78 is 22.0. The van der Waals surface area contributed by atoms with Crippen LogP contribution in [0.4, 0.5) is 0 Å². The average molecular weight is 365 g/mol. The second-order valence-electron chi connectivity index (χ2n) is 5.66. The predicted octanol–water partition coefficient (Wildman–Crippen LogP) is 3.13. The fourth-order valence-electron chi connectivity index (χ4n) is 2.76. The SMILES string of the molecule is CCOc1cc(C[NH2+]Cc2ccc3c(c2)OCO3)cc(Cl)c1OCC. The van der Waals surface area contributed by atoms with E-state index < -0.39 is 0 Å². The number of halogens is 1. The molecule has 134 valence electrons. The molecule has 0 atom stereocenters. The highest BCUT2D eigenvalue weighted by Gasteiger charge is 2.15. The second kappa shape index (κ2) is 8.32. The van der Waals surface area contributed by atoms with Crippen LogP contribution >= 0.6 is 11.6 Å². The van der Waals surface area contributed by atoms with Gasteiger partial charge in [-0.05, 0) is 44.2 Å². The number of ether oxygens (including phenoxy) is 4. The maximum Gasteiger partial charge on any atom is 0.231 e. The van der Waals surface area contributed by atoms with Crippen molar-refractivity contribution >= 4 is 11.6 Å². The van der Waals surface area contributed by atoms with Crippen LogP contribution in [0.5, 0.6) is 23.0 Å². The summed E-state index contributed by atoms with van der Waals surface area (Å²) >= 11 is 6.36. The summed E-state index contributed by atoms with van der Waals surface area (Å²) in [6.07, 6.45) is 0. The summed E-state index contributed by atoms with van der Waals surface area (Å²) in [6, 6.07) is 9.96. The molecule has 5 nitrogen and oxygen atoms in total. The summed E-state index contributed by atoms with van der Waals surface area (Å²) in [6.45, 7) is 6.93. The molecule has 2 aromatic rings. The molecule has 0 unspecified atom stereocenters. The van der Waals surface area contributed by atoms with Gasteiger partial charge < -0.3 is 24.3 Å². The summed E-state index contributed by atoms with van der Waals surface area (Å²) in [7, 11) is 0. The van der Waals surface area contributed by atoms with E-state index in [0.29, 0.717) is 36.5 Å². The van der Waals surface area contributed by atoms with Gasteiger partial charge in [-0.1, -0.05) is 11.6 Å². The minimum Gasteiger partial charge on any atom is -0.490 e. The number of quaternary nitrogens is 1. The van der Waals surface area contributed by atoms with E-state index in [4.69, 9.17) is 30.5 Å². The first-order valence-electron chi connectivity index (χ1n) is 8.49. The Bertz CT molecular complexity index is 736. The molecule has 0 saturated carbocycles. The third-order valence-electron chi connectivity index (χ3n) is 3.85. The van der Waals surface area contributed by atoms with Crippen molar-refractivity contribution in [2.45, 2.75) is 26.9 Å². The van der Waals surface area contributed by atoms with Crippen molar-refractivity contribution in [1.82, 2.24) is 0 Å². The molecule has 1 heterocycles. The van der Waals surface area contributed by atoms with Crippen molar-refractivity contribution in [3.63, 3.8) is 0 Å². The number of nitrogens with two attached hydrogens (primary N) is 1. The van der Waals surface area contributed by atoms with Gasteiger partial charge in [-0.3, -0.25) is 0 Å². The maximum atomic E-state index is 6.36. The van der Waals surface area contributed by atoms with Crippen molar-refractivity contribution in [3.05, 3.63) is 46.5 Å². The number of fused-ring (bicyclic) bond motifs is 1. The molecule has 0 aromatic heterocycles. The highest BCUT2D eigenvalue weighted by molar-refractivity contribution is 6.32. The summed E-state index contributed by atoms with van der Waals surface area (Å²) in [5.74, 6) is 2.94. The monoisotopic (exact) mass is 364 g/mol. The molecule has 25 heavy (non-hydrogen) atoms. The van der Waals surface area contributed by atoms with E-state index in [1.165, 1.54) is 5.56 Å². The molecule has 1 aliphatic heterocycles. The summed E-state index contributed by atoms with van der Waals surface area (Å²) in [5, 5.41) is 2.79. The van der Waals surface area contributed by atoms with Crippen LogP contribution in [-0.2, 0) is 13.1 Å². The van der Waals surface area contributed by atoms with E-state index in [-0.39, 0.29) is 0 Å². The van der Waals surface area contributed by atoms with E-state index in [9.17, 15) is 0 Å². The Balaban J connectivity index is 1.64. The van der Waals surface area contributed by atoms with E-state index in [0.717, 1.165) is 30.2 Å². The van der Waals surface area contributed by atoms with Crippen LogP contribution in [0.25, 0.3) is 0 Å². The van der Waals surface area contributed by atoms with Crippen LogP contribution in [0.3, 0.4) is 0 Å². The van der Waals surface area contributed by atoms with Crippen LogP contribution in [0.2, 0.25) is 5.02 Å². The van der Waals surface area contributed by atoms with Gasteiger partial charge in [0.15, 0.2) is 23.0 Å². The molecule has 0 bridgehead atoms. The van der Waals surface area contributed by atoms with Gasteiger partial charge in [0.1, 0.15) is 13.1 Å². The highest BCUT2D eigenvalue weighted by atomic mass is 35.5. The van der Waals surface area contributed by atoms with Gasteiger partial charge in [-0.15, -0.1) is 0 Å². The molecular formula is C19H23ClNO4+. The average Bonchev–Trinajstić information content (AvgIpc) is 3.06. The zero-order valence-corrected chi connectivity index (χ0v) is 15.3. The number of benzene rings is 2. The minimum atomic E-state index is 0.299. The van der Waals surface area contributed by atoms with Crippen LogP contribution in [-0.4, -0.2) is 20.0 Å². The van der Waals surface area contributed by atoms with Gasteiger partial charge in [0, 0.05) is 11.1 Å². The molecule has 2 N–H and O–H groups in total. The summed E-state index contributed by atoms with van der Waals surface area (Å²) in [4.78, 5) is 0. The zero-order chi connectivity index (χ0) is 17.6. The molecule has 0 fully saturated rings. The van der Waals surface area contributed by atoms with Crippen molar-refractivity contribution in [1.29, 1.82) is 0 Å². The van der Waals surface area contributed by atoms with E-state index in [1.54, 1.807) is 0 Å². The fourth-order valence-corrected chi connectivity index (χ4v) is 3.05. The molecular weight excluding hydrogens is 342 g/mol. The Kier molecular flexibility index (Phi) is 5.89. The van der Waals surface area contributed by atoms with E-state index >= 15 is 0 Å². The Morgan fingerprint density at radius 3 is 2.52 bits per heavy atom. The van der Waals surface area contributed by atoms with Crippen molar-refractivity contribution < 1.29 is 24.3 Å². The zero-order valence-electron chi connectivity index (χ0n) is 14.5. The smallest absolute Gasteiger partial charge is 0.231 e. The Morgan fingerprint density at radius 1 is 0.960 bits per heavy atom. The molecule has 1 aliphatic rings. The lowest BCUT2D eigenvalue weighted by Gasteiger charge is -2.14. The maximum absolute atomic E-state index is 6.36. The fraction of sp³-hybridized carbons (Fsp3) is 0.368. The van der Waals surface area contributed by atoms with Gasteiger partial charge in [0.25, 0.3) is 0 Å². The molecule has 2 aromatic carbocycles. The standard InChI is InChI=1S/C19H22ClNO4/c1-3-22-18-9-14(7-15(20)19(18)23-4-2)11-21-10-13-5-6-16-17(8-13)25-12-24-16/h5-9,21H,3-4,10-12H2,1-2H3/p+1. The minimum absolute atomic E-state index is 0.299. The van der Waals surface area contributed by atoms with E-state index in [1.807, 2.05) is 38.1 Å². The Hall–Kier alpha value is -2.11. The second-order valence-corrected chi connectivity index (χ2v) is 6.06. The molecule has 3 rings (SSSR count). The van der Waals surface area contributed by atoms with Gasteiger partial charge in [-0.2, -0.15) is 0 Å².